The zero-order chi connectivity index (χ0) is 19.1. The van der Waals surface area contributed by atoms with Crippen LogP contribution in [0.25, 0.3) is 0 Å². The highest BCUT2D eigenvalue weighted by molar-refractivity contribution is 5.85. The summed E-state index contributed by atoms with van der Waals surface area (Å²) < 4.78 is 5.11. The van der Waals surface area contributed by atoms with Crippen LogP contribution in [0.3, 0.4) is 0 Å². The van der Waals surface area contributed by atoms with Crippen LogP contribution in [0.4, 0.5) is 5.69 Å². The Bertz CT molecular complexity index is 790. The first-order valence-electron chi connectivity index (χ1n) is 9.19. The number of nitrogens with one attached hydrogen (secondary N) is 2. The van der Waals surface area contributed by atoms with Crippen LogP contribution in [0.1, 0.15) is 24.0 Å². The normalized spacial score (nSPS) is 12.9. The molecule has 3 rings (SSSR count). The van der Waals surface area contributed by atoms with E-state index in [2.05, 4.69) is 21.8 Å². The van der Waals surface area contributed by atoms with E-state index in [1.165, 1.54) is 5.56 Å². The number of hydrogen-bond acceptors (Lipinski definition) is 4. The minimum atomic E-state index is -0.218. The van der Waals surface area contributed by atoms with Gasteiger partial charge in [-0.2, -0.15) is 0 Å². The first kappa shape index (κ1) is 18.8. The van der Waals surface area contributed by atoms with Crippen LogP contribution < -0.4 is 20.5 Å². The number of fused-ring (bicyclic) bond motifs is 1. The van der Waals surface area contributed by atoms with Gasteiger partial charge in [0, 0.05) is 18.7 Å². The summed E-state index contributed by atoms with van der Waals surface area (Å²) in [5.41, 5.74) is 8.42. The molecule has 0 atom stereocenters. The highest BCUT2D eigenvalue weighted by Crippen LogP contribution is 2.26. The third kappa shape index (κ3) is 5.23. The number of carbonyl (C=O) groups is 2. The van der Waals surface area contributed by atoms with Gasteiger partial charge in [-0.1, -0.05) is 30.3 Å². The van der Waals surface area contributed by atoms with E-state index >= 15 is 0 Å². The molecule has 0 saturated heterocycles. The molecule has 142 valence electrons. The smallest absolute Gasteiger partial charge is 0.257 e. The van der Waals surface area contributed by atoms with Crippen molar-refractivity contribution in [1.29, 1.82) is 0 Å². The topological polar surface area (TPSA) is 70.7 Å². The summed E-state index contributed by atoms with van der Waals surface area (Å²) in [6.45, 7) is 1.08. The molecule has 2 amide bonds. The molecule has 1 aliphatic heterocycles. The number of rotatable bonds is 6. The highest BCUT2D eigenvalue weighted by Gasteiger charge is 2.18. The standard InChI is InChI=1S/C21H25N3O3/c1-27-18-11-8-16(9-12-18)10-13-20(25)22-23-21(26)15-24-14-4-6-17-5-2-3-7-19(17)24/h2-3,5,7-9,11-12H,4,6,10,13-15H2,1H3,(H,22,25)(H,23,26). The number of nitrogens with zero attached hydrogens (tertiary/aromatic N) is 1. The lowest BCUT2D eigenvalue weighted by Crippen LogP contribution is -2.47. The Morgan fingerprint density at radius 2 is 1.78 bits per heavy atom. The monoisotopic (exact) mass is 367 g/mol. The van der Waals surface area contributed by atoms with Crippen LogP contribution >= 0.6 is 0 Å². The Kier molecular flexibility index (Phi) is 6.30. The zero-order valence-electron chi connectivity index (χ0n) is 15.5. The van der Waals surface area contributed by atoms with Crippen molar-refractivity contribution in [3.05, 3.63) is 59.7 Å². The minimum Gasteiger partial charge on any atom is -0.497 e. The van der Waals surface area contributed by atoms with Crippen molar-refractivity contribution in [3.8, 4) is 5.75 Å². The van der Waals surface area contributed by atoms with Gasteiger partial charge in [0.1, 0.15) is 5.75 Å². The van der Waals surface area contributed by atoms with Gasteiger partial charge >= 0.3 is 0 Å². The number of hydrazine groups is 1. The van der Waals surface area contributed by atoms with Crippen molar-refractivity contribution < 1.29 is 14.3 Å². The Morgan fingerprint density at radius 3 is 2.56 bits per heavy atom. The van der Waals surface area contributed by atoms with Gasteiger partial charge in [0.25, 0.3) is 5.91 Å². The molecule has 27 heavy (non-hydrogen) atoms. The van der Waals surface area contributed by atoms with Crippen LogP contribution in [0.5, 0.6) is 5.75 Å². The van der Waals surface area contributed by atoms with Crippen molar-refractivity contribution in [2.75, 3.05) is 25.1 Å². The van der Waals surface area contributed by atoms with Crippen LogP contribution in [0.2, 0.25) is 0 Å². The number of benzene rings is 2. The summed E-state index contributed by atoms with van der Waals surface area (Å²) >= 11 is 0. The van der Waals surface area contributed by atoms with Gasteiger partial charge in [0.2, 0.25) is 5.91 Å². The summed E-state index contributed by atoms with van der Waals surface area (Å²) in [5, 5.41) is 0. The van der Waals surface area contributed by atoms with Crippen molar-refractivity contribution >= 4 is 17.5 Å². The molecule has 1 heterocycles. The van der Waals surface area contributed by atoms with Crippen molar-refractivity contribution in [2.24, 2.45) is 0 Å². The Hall–Kier alpha value is -3.02. The van der Waals surface area contributed by atoms with Gasteiger partial charge in [-0.15, -0.1) is 0 Å². The van der Waals surface area contributed by atoms with E-state index in [1.807, 2.05) is 42.5 Å². The van der Waals surface area contributed by atoms with Gasteiger partial charge in [-0.25, -0.2) is 0 Å². The lowest BCUT2D eigenvalue weighted by molar-refractivity contribution is -0.128. The number of anilines is 1. The van der Waals surface area contributed by atoms with Gasteiger partial charge in [0.15, 0.2) is 0 Å². The minimum absolute atomic E-state index is 0.210. The summed E-state index contributed by atoms with van der Waals surface area (Å²) in [4.78, 5) is 26.2. The molecule has 2 N–H and O–H groups in total. The number of carbonyl (C=O) groups excluding carboxylic acids is 2. The molecule has 1 aliphatic rings. The third-order valence-corrected chi connectivity index (χ3v) is 4.68. The van der Waals surface area contributed by atoms with Crippen molar-refractivity contribution in [2.45, 2.75) is 25.7 Å². The van der Waals surface area contributed by atoms with E-state index in [-0.39, 0.29) is 18.4 Å². The van der Waals surface area contributed by atoms with Crippen molar-refractivity contribution in [1.82, 2.24) is 10.9 Å². The van der Waals surface area contributed by atoms with Crippen LogP contribution in [0, 0.1) is 0 Å². The number of hydrogen-bond donors (Lipinski definition) is 2. The van der Waals surface area contributed by atoms with E-state index in [1.54, 1.807) is 7.11 Å². The molecular formula is C21H25N3O3. The third-order valence-electron chi connectivity index (χ3n) is 4.68. The number of amides is 2. The molecule has 0 aliphatic carbocycles. The average molecular weight is 367 g/mol. The fourth-order valence-corrected chi connectivity index (χ4v) is 3.24. The summed E-state index contributed by atoms with van der Waals surface area (Å²) in [6.07, 6.45) is 2.97. The highest BCUT2D eigenvalue weighted by atomic mass is 16.5. The fourth-order valence-electron chi connectivity index (χ4n) is 3.24. The summed E-state index contributed by atoms with van der Waals surface area (Å²) in [6, 6.07) is 15.7. The predicted molar refractivity (Wildman–Crippen MR) is 105 cm³/mol. The zero-order valence-corrected chi connectivity index (χ0v) is 15.5. The lowest BCUT2D eigenvalue weighted by Gasteiger charge is -2.30. The fraction of sp³-hybridized carbons (Fsp3) is 0.333. The summed E-state index contributed by atoms with van der Waals surface area (Å²) in [5.74, 6) is 0.359. The molecule has 0 saturated carbocycles. The van der Waals surface area contributed by atoms with E-state index in [0.29, 0.717) is 12.8 Å². The second-order valence-electron chi connectivity index (χ2n) is 6.60. The number of ether oxygens (including phenoxy) is 1. The molecule has 6 heteroatoms. The van der Waals surface area contributed by atoms with Crippen LogP contribution in [-0.4, -0.2) is 32.0 Å². The molecule has 0 unspecified atom stereocenters. The summed E-state index contributed by atoms with van der Waals surface area (Å²) in [7, 11) is 1.62. The van der Waals surface area contributed by atoms with E-state index in [4.69, 9.17) is 4.74 Å². The maximum atomic E-state index is 12.2. The largest absolute Gasteiger partial charge is 0.497 e. The van der Waals surface area contributed by atoms with E-state index < -0.39 is 0 Å². The second kappa shape index (κ2) is 9.07. The average Bonchev–Trinajstić information content (AvgIpc) is 2.71. The maximum Gasteiger partial charge on any atom is 0.257 e. The van der Waals surface area contributed by atoms with Crippen LogP contribution in [0.15, 0.2) is 48.5 Å². The molecule has 0 fully saturated rings. The Balaban J connectivity index is 1.42. The lowest BCUT2D eigenvalue weighted by atomic mass is 10.0. The Morgan fingerprint density at radius 1 is 1.04 bits per heavy atom. The SMILES string of the molecule is COc1ccc(CCC(=O)NNC(=O)CN2CCCc3ccccc32)cc1. The molecule has 2 aromatic rings. The number of aryl methyl sites for hydroxylation is 2. The first-order valence-corrected chi connectivity index (χ1v) is 9.19. The van der Waals surface area contributed by atoms with Gasteiger partial charge < -0.3 is 9.64 Å². The van der Waals surface area contributed by atoms with Crippen LogP contribution in [-0.2, 0) is 22.4 Å². The van der Waals surface area contributed by atoms with Gasteiger partial charge in [-0.3, -0.25) is 20.4 Å². The molecule has 0 spiro atoms. The molecule has 0 bridgehead atoms. The number of para-hydroxylation sites is 1. The van der Waals surface area contributed by atoms with E-state index in [0.717, 1.165) is 36.4 Å². The molecule has 2 aromatic carbocycles. The predicted octanol–water partition coefficient (Wildman–Crippen LogP) is 2.23. The maximum absolute atomic E-state index is 12.2. The molecule has 0 aromatic heterocycles. The first-order chi connectivity index (χ1) is 13.2. The Labute approximate surface area is 159 Å². The van der Waals surface area contributed by atoms with E-state index in [9.17, 15) is 9.59 Å². The van der Waals surface area contributed by atoms with Gasteiger partial charge in [-0.05, 0) is 48.6 Å². The number of methoxy groups -OCH3 is 1. The van der Waals surface area contributed by atoms with Crippen molar-refractivity contribution in [3.63, 3.8) is 0 Å². The molecule has 0 radical (unpaired) electrons. The molecular weight excluding hydrogens is 342 g/mol. The van der Waals surface area contributed by atoms with Gasteiger partial charge in [0.05, 0.1) is 13.7 Å². The second-order valence-corrected chi connectivity index (χ2v) is 6.60. The quantitative estimate of drug-likeness (QED) is 0.768. The molecule has 6 nitrogen and oxygen atoms in total.